The molecule has 4 aromatic carbocycles. The first-order valence-electron chi connectivity index (χ1n) is 18.7. The van der Waals surface area contributed by atoms with E-state index in [9.17, 15) is 68.6 Å². The van der Waals surface area contributed by atoms with Crippen LogP contribution in [0.15, 0.2) is 109 Å². The Bertz CT molecular complexity index is 2450. The molecule has 2 saturated heterocycles. The van der Waals surface area contributed by atoms with Crippen molar-refractivity contribution in [2.45, 2.75) is 66.9 Å². The molecule has 3 aliphatic rings. The molecule has 0 aromatic heterocycles. The molecule has 11 atom stereocenters. The van der Waals surface area contributed by atoms with Crippen LogP contribution in [0, 0.1) is 5.82 Å². The first-order chi connectivity index (χ1) is 29.4. The van der Waals surface area contributed by atoms with Gasteiger partial charge in [0.1, 0.15) is 40.4 Å². The van der Waals surface area contributed by atoms with Gasteiger partial charge >= 0.3 is 11.9 Å². The second-order valence-corrected chi connectivity index (χ2v) is 16.3. The fraction of sp³-hybridized carbons (Fsp3) is 0.286. The Balaban J connectivity index is 1.29. The molecule has 3 aliphatic heterocycles. The number of aliphatic hydroxyl groups excluding tert-OH is 5. The Kier molecular flexibility index (Phi) is 12.2. The second kappa shape index (κ2) is 17.2. The van der Waals surface area contributed by atoms with Crippen molar-refractivity contribution in [2.75, 3.05) is 10.7 Å². The van der Waals surface area contributed by atoms with Crippen molar-refractivity contribution in [2.24, 2.45) is 0 Å². The van der Waals surface area contributed by atoms with Crippen LogP contribution in [0.4, 0.5) is 10.1 Å². The molecule has 7 unspecified atom stereocenters. The number of para-hydroxylation sites is 1. The number of aliphatic carboxylic acids is 2. The number of ketones is 1. The maximum Gasteiger partial charge on any atom is 0.341 e. The zero-order chi connectivity index (χ0) is 44.8. The van der Waals surface area contributed by atoms with Crippen LogP contribution in [0.25, 0.3) is 11.1 Å². The summed E-state index contributed by atoms with van der Waals surface area (Å²) in [6, 6.07) is 21.8. The number of ether oxygens (including phenoxy) is 4. The summed E-state index contributed by atoms with van der Waals surface area (Å²) in [5.74, 6) is -8.39. The summed E-state index contributed by atoms with van der Waals surface area (Å²) in [7, 11) is -2.22. The van der Waals surface area contributed by atoms with E-state index in [1.165, 1.54) is 53.4 Å². The van der Waals surface area contributed by atoms with Crippen molar-refractivity contribution in [1.29, 1.82) is 0 Å². The standard InChI is InChI=1S/C42H38FNO17S/c1-42(56)35(50)32(49)41(61-36(42)39(54)55)59-27-17-21(20-6-5-9-24(16-20)58-40-31(48)29(46)30(47)33(60-40)38(52)53)12-15-25(27)28-34(37(51)44(28)23-7-3-2-4-8-23)62(57)18-26(45)19-10-13-22(43)14-11-19/h2-17,28,31-36,40-41,46-50,56H,18H2,1H3,(H,52,53)(H,54,55)/t28-,31?,32?,33?,34-,35?,36?,40-,41-,42?,62?/m1/s1. The molecule has 326 valence electrons. The van der Waals surface area contributed by atoms with Gasteiger partial charge in [-0.25, -0.2) is 14.0 Å². The van der Waals surface area contributed by atoms with E-state index in [1.807, 2.05) is 0 Å². The Labute approximate surface area is 352 Å². The molecule has 0 bridgehead atoms. The quantitative estimate of drug-likeness (QED) is 0.0705. The van der Waals surface area contributed by atoms with E-state index >= 15 is 0 Å². The third kappa shape index (κ3) is 8.23. The molecule has 0 radical (unpaired) electrons. The minimum atomic E-state index is -2.49. The van der Waals surface area contributed by atoms with Gasteiger partial charge in [-0.15, -0.1) is 0 Å². The molecule has 8 N–H and O–H groups in total. The average molecular weight is 880 g/mol. The van der Waals surface area contributed by atoms with Gasteiger partial charge in [0.25, 0.3) is 0 Å². The van der Waals surface area contributed by atoms with Gasteiger partial charge in [0.15, 0.2) is 29.5 Å². The number of nitrogens with zero attached hydrogens (tertiary/aromatic N) is 1. The summed E-state index contributed by atoms with van der Waals surface area (Å²) in [5, 5.41) is 81.3. The molecule has 18 nitrogen and oxygen atoms in total. The highest BCUT2D eigenvalue weighted by atomic mass is 32.2. The number of anilines is 1. The smallest absolute Gasteiger partial charge is 0.341 e. The molecule has 7 rings (SSSR count). The largest absolute Gasteiger partial charge is 0.506 e. The first-order valence-corrected chi connectivity index (χ1v) is 20.0. The fourth-order valence-electron chi connectivity index (χ4n) is 7.27. The molecule has 2 fully saturated rings. The van der Waals surface area contributed by atoms with Gasteiger partial charge in [0.05, 0.1) is 11.8 Å². The van der Waals surface area contributed by atoms with Crippen LogP contribution >= 0.6 is 0 Å². The SMILES string of the molecule is CC1(O)C(C(=O)O)O[C@@H](Oc2cc(-c3cccc(O[C@@H]4OC(C(=O)O)C(O)=C(O)C4O)c3)ccc2[C@@H]2[C@@H](S(=O)CC(=O)c3ccc(F)cc3)C(=O)N2c2ccccc2)C(O)C1O. The van der Waals surface area contributed by atoms with Gasteiger partial charge in [-0.3, -0.25) is 13.8 Å². The highest BCUT2D eigenvalue weighted by Crippen LogP contribution is 2.47. The van der Waals surface area contributed by atoms with E-state index in [-0.39, 0.29) is 28.2 Å². The number of β-lactam (4-membered cyclic amide) rings is 1. The molecular formula is C42H38FNO17S. The van der Waals surface area contributed by atoms with Crippen LogP contribution in [0.5, 0.6) is 11.5 Å². The summed E-state index contributed by atoms with van der Waals surface area (Å²) in [5.41, 5.74) is -1.38. The van der Waals surface area contributed by atoms with Gasteiger partial charge in [0, 0.05) is 27.6 Å². The lowest BCUT2D eigenvalue weighted by Crippen LogP contribution is -2.67. The molecule has 1 amide bonds. The van der Waals surface area contributed by atoms with Crippen LogP contribution in [0.2, 0.25) is 0 Å². The third-order valence-corrected chi connectivity index (χ3v) is 12.1. The molecule has 62 heavy (non-hydrogen) atoms. The van der Waals surface area contributed by atoms with E-state index in [4.69, 9.17) is 18.9 Å². The van der Waals surface area contributed by atoms with Gasteiger partial charge in [-0.05, 0) is 72.6 Å². The number of carboxylic acids is 2. The predicted octanol–water partition coefficient (Wildman–Crippen LogP) is 2.12. The monoisotopic (exact) mass is 879 g/mol. The maximum absolute atomic E-state index is 14.1. The summed E-state index contributed by atoms with van der Waals surface area (Å²) in [4.78, 5) is 52.3. The maximum atomic E-state index is 14.1. The van der Waals surface area contributed by atoms with E-state index in [1.54, 1.807) is 36.4 Å². The Morgan fingerprint density at radius 2 is 1.50 bits per heavy atom. The van der Waals surface area contributed by atoms with Crippen molar-refractivity contribution in [3.05, 3.63) is 126 Å². The summed E-state index contributed by atoms with van der Waals surface area (Å²) >= 11 is 0. The van der Waals surface area contributed by atoms with Gasteiger partial charge in [-0.1, -0.05) is 42.5 Å². The average Bonchev–Trinajstić information content (AvgIpc) is 3.23. The Morgan fingerprint density at radius 1 is 0.823 bits per heavy atom. The van der Waals surface area contributed by atoms with E-state index in [0.29, 0.717) is 11.3 Å². The number of Topliss-reactive ketones (excluding diaryl/α,β-unsaturated/α-hetero) is 1. The lowest BCUT2D eigenvalue weighted by molar-refractivity contribution is -0.300. The number of halogens is 1. The molecule has 3 heterocycles. The van der Waals surface area contributed by atoms with E-state index in [0.717, 1.165) is 19.1 Å². The Hall–Kier alpha value is -6.26. The third-order valence-electron chi connectivity index (χ3n) is 10.6. The molecule has 20 heteroatoms. The number of hydrogen-bond donors (Lipinski definition) is 8. The summed E-state index contributed by atoms with van der Waals surface area (Å²) < 4.78 is 50.2. The summed E-state index contributed by atoms with van der Waals surface area (Å²) in [6.07, 6.45) is -14.2. The molecular weight excluding hydrogens is 842 g/mol. The number of carboxylic acid groups (broad SMARTS) is 2. The summed E-state index contributed by atoms with van der Waals surface area (Å²) in [6.45, 7) is 0.946. The number of hydrogen-bond acceptors (Lipinski definition) is 15. The fourth-order valence-corrected chi connectivity index (χ4v) is 8.77. The first kappa shape index (κ1) is 43.8. The minimum Gasteiger partial charge on any atom is -0.506 e. The van der Waals surface area contributed by atoms with E-state index in [2.05, 4.69) is 0 Å². The van der Waals surface area contributed by atoms with Crippen LogP contribution in [-0.2, 0) is 34.7 Å². The lowest BCUT2D eigenvalue weighted by Gasteiger charge is -2.48. The zero-order valence-electron chi connectivity index (χ0n) is 32.1. The number of carbonyl (C=O) groups excluding carboxylic acids is 2. The zero-order valence-corrected chi connectivity index (χ0v) is 32.9. The van der Waals surface area contributed by atoms with Crippen molar-refractivity contribution in [3.8, 4) is 22.6 Å². The van der Waals surface area contributed by atoms with E-state index < -0.39 is 118 Å². The second-order valence-electron chi connectivity index (χ2n) is 14.7. The predicted molar refractivity (Wildman–Crippen MR) is 211 cm³/mol. The van der Waals surface area contributed by atoms with Crippen molar-refractivity contribution < 1.29 is 87.6 Å². The van der Waals surface area contributed by atoms with Crippen molar-refractivity contribution in [1.82, 2.24) is 0 Å². The van der Waals surface area contributed by atoms with Gasteiger partial charge in [0.2, 0.25) is 24.6 Å². The minimum absolute atomic E-state index is 0.0433. The number of rotatable bonds is 13. The molecule has 0 spiro atoms. The lowest BCUT2D eigenvalue weighted by atomic mass is 9.85. The molecule has 0 aliphatic carbocycles. The van der Waals surface area contributed by atoms with Gasteiger partial charge in [-0.2, -0.15) is 0 Å². The highest BCUT2D eigenvalue weighted by molar-refractivity contribution is 7.87. The number of aliphatic hydroxyl groups is 6. The molecule has 0 saturated carbocycles. The van der Waals surface area contributed by atoms with Crippen LogP contribution in [0.1, 0.15) is 28.9 Å². The topological polar surface area (TPSA) is 287 Å². The normalized spacial score (nSPS) is 29.0. The highest BCUT2D eigenvalue weighted by Gasteiger charge is 2.57. The van der Waals surface area contributed by atoms with Crippen LogP contribution in [0.3, 0.4) is 0 Å². The van der Waals surface area contributed by atoms with Crippen LogP contribution in [-0.4, -0.2) is 128 Å². The van der Waals surface area contributed by atoms with Gasteiger partial charge < -0.3 is 64.7 Å². The number of benzene rings is 4. The molecule has 4 aromatic rings. The van der Waals surface area contributed by atoms with Crippen molar-refractivity contribution >= 4 is 40.1 Å². The van der Waals surface area contributed by atoms with Crippen molar-refractivity contribution in [3.63, 3.8) is 0 Å². The number of amides is 1. The van der Waals surface area contributed by atoms with Crippen LogP contribution < -0.4 is 14.4 Å². The Morgan fingerprint density at radius 3 is 2.16 bits per heavy atom. The number of carbonyl (C=O) groups is 4.